The number of benzene rings is 2. The molecule has 118 valence electrons. The molecule has 2 aliphatic rings. The highest BCUT2D eigenvalue weighted by Gasteiger charge is 2.23. The fraction of sp³-hybridized carbons (Fsp3) is 0.381. The minimum atomic E-state index is 0.734. The Morgan fingerprint density at radius 1 is 1.04 bits per heavy atom. The smallest absolute Gasteiger partial charge is 0.0668 e. The molecule has 0 saturated carbocycles. The topological polar surface area (TPSA) is 15.6 Å². The van der Waals surface area contributed by atoms with Crippen LogP contribution in [0.5, 0.6) is 0 Å². The summed E-state index contributed by atoms with van der Waals surface area (Å²) in [6, 6.07) is 17.6. The van der Waals surface area contributed by atoms with Gasteiger partial charge in [0.1, 0.15) is 0 Å². The van der Waals surface area contributed by atoms with Crippen LogP contribution in [0.15, 0.2) is 53.5 Å². The van der Waals surface area contributed by atoms with Crippen LogP contribution in [-0.2, 0) is 6.42 Å². The fourth-order valence-electron chi connectivity index (χ4n) is 3.86. The molecule has 2 heteroatoms. The molecule has 0 spiro atoms. The van der Waals surface area contributed by atoms with Crippen LogP contribution in [-0.4, -0.2) is 30.2 Å². The minimum Gasteiger partial charge on any atom is -0.298 e. The van der Waals surface area contributed by atoms with Crippen molar-refractivity contribution in [1.82, 2.24) is 4.90 Å². The lowest BCUT2D eigenvalue weighted by Gasteiger charge is -2.32. The summed E-state index contributed by atoms with van der Waals surface area (Å²) in [4.78, 5) is 7.44. The van der Waals surface area contributed by atoms with Gasteiger partial charge >= 0.3 is 0 Å². The molecule has 0 N–H and O–H groups in total. The minimum absolute atomic E-state index is 0.734. The Bertz CT molecular complexity index is 710. The molecular formula is C21H24N2. The number of piperidine rings is 1. The Morgan fingerprint density at radius 2 is 1.83 bits per heavy atom. The third-order valence-corrected chi connectivity index (χ3v) is 5.18. The van der Waals surface area contributed by atoms with Gasteiger partial charge < -0.3 is 0 Å². The third-order valence-electron chi connectivity index (χ3n) is 5.18. The van der Waals surface area contributed by atoms with Gasteiger partial charge in [-0.1, -0.05) is 42.5 Å². The van der Waals surface area contributed by atoms with Crippen LogP contribution in [0.3, 0.4) is 0 Å². The highest BCUT2D eigenvalue weighted by atomic mass is 15.1. The van der Waals surface area contributed by atoms with Gasteiger partial charge in [0.2, 0.25) is 0 Å². The molecule has 2 aromatic rings. The first-order valence-electron chi connectivity index (χ1n) is 8.71. The van der Waals surface area contributed by atoms with Crippen molar-refractivity contribution in [3.8, 4) is 0 Å². The zero-order valence-electron chi connectivity index (χ0n) is 13.8. The first-order valence-corrected chi connectivity index (χ1v) is 8.71. The van der Waals surface area contributed by atoms with E-state index in [1.807, 2.05) is 0 Å². The van der Waals surface area contributed by atoms with Gasteiger partial charge in [-0.05, 0) is 61.5 Å². The van der Waals surface area contributed by atoms with Crippen molar-refractivity contribution in [2.75, 3.05) is 19.6 Å². The number of hydrogen-bond acceptors (Lipinski definition) is 2. The Labute approximate surface area is 138 Å². The quantitative estimate of drug-likeness (QED) is 0.815. The van der Waals surface area contributed by atoms with Crippen molar-refractivity contribution in [3.05, 3.63) is 65.2 Å². The second kappa shape index (κ2) is 6.29. The van der Waals surface area contributed by atoms with Gasteiger partial charge in [0.05, 0.1) is 5.69 Å². The molecular weight excluding hydrogens is 280 g/mol. The van der Waals surface area contributed by atoms with Crippen LogP contribution in [0.25, 0.3) is 0 Å². The summed E-state index contributed by atoms with van der Waals surface area (Å²) in [7, 11) is 0. The largest absolute Gasteiger partial charge is 0.298 e. The summed E-state index contributed by atoms with van der Waals surface area (Å²) < 4.78 is 0. The van der Waals surface area contributed by atoms with E-state index >= 15 is 0 Å². The van der Waals surface area contributed by atoms with E-state index in [-0.39, 0.29) is 0 Å². The molecule has 23 heavy (non-hydrogen) atoms. The number of likely N-dealkylation sites (tertiary alicyclic amines) is 1. The summed E-state index contributed by atoms with van der Waals surface area (Å²) in [6.45, 7) is 5.55. The van der Waals surface area contributed by atoms with Crippen molar-refractivity contribution in [1.29, 1.82) is 0 Å². The first-order chi connectivity index (χ1) is 11.3. The molecule has 1 saturated heterocycles. The average molecular weight is 304 g/mol. The van der Waals surface area contributed by atoms with Gasteiger partial charge in [-0.2, -0.15) is 0 Å². The van der Waals surface area contributed by atoms with E-state index in [1.54, 1.807) is 0 Å². The Kier molecular flexibility index (Phi) is 4.00. The van der Waals surface area contributed by atoms with Gasteiger partial charge in [0.25, 0.3) is 0 Å². The number of fused-ring (bicyclic) bond motifs is 1. The second-order valence-electron chi connectivity index (χ2n) is 6.95. The van der Waals surface area contributed by atoms with Crippen LogP contribution in [0.2, 0.25) is 0 Å². The maximum atomic E-state index is 4.86. The molecule has 0 amide bonds. The van der Waals surface area contributed by atoms with Crippen molar-refractivity contribution in [2.45, 2.75) is 32.1 Å². The first kappa shape index (κ1) is 14.6. The maximum Gasteiger partial charge on any atom is 0.0668 e. The van der Waals surface area contributed by atoms with Crippen LogP contribution in [0.1, 0.15) is 35.4 Å². The molecule has 2 nitrogen and oxygen atoms in total. The van der Waals surface area contributed by atoms with Crippen LogP contribution < -0.4 is 0 Å². The van der Waals surface area contributed by atoms with Crippen molar-refractivity contribution in [3.63, 3.8) is 0 Å². The van der Waals surface area contributed by atoms with Gasteiger partial charge in [0, 0.05) is 18.7 Å². The molecule has 0 aromatic heterocycles. The van der Waals surface area contributed by atoms with Crippen molar-refractivity contribution in [2.24, 2.45) is 4.99 Å². The zero-order valence-corrected chi connectivity index (χ0v) is 13.8. The number of hydrogen-bond donors (Lipinski definition) is 0. The number of aryl methyl sites for hydroxylation is 1. The Balaban J connectivity index is 1.35. The molecule has 0 atom stereocenters. The molecule has 2 heterocycles. The molecule has 1 fully saturated rings. The van der Waals surface area contributed by atoms with Gasteiger partial charge in [0.15, 0.2) is 0 Å². The number of rotatable bonds is 3. The second-order valence-corrected chi connectivity index (χ2v) is 6.95. The van der Waals surface area contributed by atoms with E-state index in [0.717, 1.165) is 18.9 Å². The lowest BCUT2D eigenvalue weighted by Crippen LogP contribution is -2.36. The van der Waals surface area contributed by atoms with Crippen molar-refractivity contribution < 1.29 is 0 Å². The highest BCUT2D eigenvalue weighted by molar-refractivity contribution is 5.95. The summed E-state index contributed by atoms with van der Waals surface area (Å²) in [6.07, 6.45) is 3.57. The molecule has 2 aliphatic heterocycles. The van der Waals surface area contributed by atoms with Crippen molar-refractivity contribution >= 4 is 11.4 Å². The lowest BCUT2D eigenvalue weighted by molar-refractivity contribution is 0.238. The van der Waals surface area contributed by atoms with E-state index in [2.05, 4.69) is 60.4 Å². The zero-order chi connectivity index (χ0) is 15.6. The van der Waals surface area contributed by atoms with E-state index in [0.29, 0.717) is 0 Å². The molecule has 2 aromatic carbocycles. The molecule has 0 radical (unpaired) electrons. The lowest BCUT2D eigenvalue weighted by atomic mass is 9.89. The van der Waals surface area contributed by atoms with Gasteiger partial charge in [-0.15, -0.1) is 0 Å². The van der Waals surface area contributed by atoms with E-state index < -0.39 is 0 Å². The van der Waals surface area contributed by atoms with Gasteiger partial charge in [-0.3, -0.25) is 9.89 Å². The summed E-state index contributed by atoms with van der Waals surface area (Å²) in [5, 5.41) is 0. The standard InChI is InChI=1S/C21H24N2/c1-16-7-8-19-14-20(22-21(19)13-16)15-23-11-9-18(10-12-23)17-5-3-2-4-6-17/h2-8,13,18H,9-12,14-15H2,1H3. The van der Waals surface area contributed by atoms with Crippen LogP contribution >= 0.6 is 0 Å². The Morgan fingerprint density at radius 3 is 2.61 bits per heavy atom. The highest BCUT2D eigenvalue weighted by Crippen LogP contribution is 2.30. The summed E-state index contributed by atoms with van der Waals surface area (Å²) in [5.41, 5.74) is 6.73. The third kappa shape index (κ3) is 3.23. The SMILES string of the molecule is Cc1ccc2c(c1)N=C(CN1CCC(c3ccccc3)CC1)C2. The summed E-state index contributed by atoms with van der Waals surface area (Å²) in [5.74, 6) is 0.734. The fourth-order valence-corrected chi connectivity index (χ4v) is 3.86. The van der Waals surface area contributed by atoms with Gasteiger partial charge in [-0.25, -0.2) is 0 Å². The number of nitrogens with zero attached hydrogens (tertiary/aromatic N) is 2. The average Bonchev–Trinajstić information content (AvgIpc) is 2.97. The van der Waals surface area contributed by atoms with E-state index in [1.165, 1.54) is 54.0 Å². The predicted molar refractivity (Wildman–Crippen MR) is 96.8 cm³/mol. The van der Waals surface area contributed by atoms with E-state index in [4.69, 9.17) is 4.99 Å². The molecule has 0 bridgehead atoms. The molecule has 0 unspecified atom stereocenters. The van der Waals surface area contributed by atoms with Crippen LogP contribution in [0.4, 0.5) is 5.69 Å². The van der Waals surface area contributed by atoms with E-state index in [9.17, 15) is 0 Å². The van der Waals surface area contributed by atoms with Crippen LogP contribution in [0, 0.1) is 6.92 Å². The normalized spacial score (nSPS) is 18.7. The monoisotopic (exact) mass is 304 g/mol. The summed E-state index contributed by atoms with van der Waals surface area (Å²) >= 11 is 0. The maximum absolute atomic E-state index is 4.86. The Hall–Kier alpha value is -1.93. The number of aliphatic imine (C=N–C) groups is 1. The molecule has 0 aliphatic carbocycles. The predicted octanol–water partition coefficient (Wildman–Crippen LogP) is 4.50. The molecule has 4 rings (SSSR count).